The second-order valence-corrected chi connectivity index (χ2v) is 4.20. The second kappa shape index (κ2) is 4.16. The van der Waals surface area contributed by atoms with E-state index in [-0.39, 0.29) is 5.15 Å². The van der Waals surface area contributed by atoms with Crippen molar-refractivity contribution in [1.82, 2.24) is 4.98 Å². The molecule has 5 heteroatoms. The van der Waals surface area contributed by atoms with E-state index in [1.807, 2.05) is 32.0 Å². The van der Waals surface area contributed by atoms with E-state index in [4.69, 9.17) is 16.9 Å². The Labute approximate surface area is 96.4 Å². The van der Waals surface area contributed by atoms with Crippen LogP contribution in [-0.4, -0.2) is 19.1 Å². The highest BCUT2D eigenvalue weighted by Crippen LogP contribution is 2.31. The average molecular weight is 275 g/mol. The van der Waals surface area contributed by atoms with Gasteiger partial charge >= 0.3 is 0 Å². The summed E-state index contributed by atoms with van der Waals surface area (Å²) in [4.78, 5) is 5.96. The normalized spacial score (nSPS) is 9.71. The van der Waals surface area contributed by atoms with E-state index in [2.05, 4.69) is 20.9 Å². The molecule has 1 heterocycles. The molecule has 0 radical (unpaired) electrons. The second-order valence-electron chi connectivity index (χ2n) is 3.05. The number of hydrogen-bond acceptors (Lipinski definition) is 3. The summed E-state index contributed by atoms with van der Waals surface area (Å²) in [6.45, 7) is 1.84. The fraction of sp³-hybridized carbons (Fsp3) is 0.333. The maximum absolute atomic E-state index is 8.84. The van der Waals surface area contributed by atoms with Gasteiger partial charge in [0.05, 0.1) is 10.0 Å². The quantitative estimate of drug-likeness (QED) is 0.739. The molecule has 0 atom stereocenters. The third-order valence-corrected chi connectivity index (χ3v) is 3.07. The van der Waals surface area contributed by atoms with Crippen LogP contribution in [-0.2, 0) is 0 Å². The van der Waals surface area contributed by atoms with Crippen molar-refractivity contribution in [1.29, 1.82) is 5.26 Å². The Hall–Kier alpha value is -0.790. The van der Waals surface area contributed by atoms with Gasteiger partial charge in [-0.3, -0.25) is 0 Å². The van der Waals surface area contributed by atoms with Gasteiger partial charge < -0.3 is 4.90 Å². The largest absolute Gasteiger partial charge is 0.362 e. The monoisotopic (exact) mass is 273 g/mol. The molecule has 1 aromatic rings. The zero-order valence-corrected chi connectivity index (χ0v) is 10.4. The summed E-state index contributed by atoms with van der Waals surface area (Å²) in [6, 6.07) is 2.03. The van der Waals surface area contributed by atoms with Crippen LogP contribution in [0.25, 0.3) is 0 Å². The van der Waals surface area contributed by atoms with E-state index in [1.165, 1.54) is 0 Å². The molecule has 3 nitrogen and oxygen atoms in total. The Kier molecular flexibility index (Phi) is 3.35. The minimum absolute atomic E-state index is 0.247. The molecule has 0 bridgehead atoms. The van der Waals surface area contributed by atoms with Gasteiger partial charge in [0, 0.05) is 14.1 Å². The molecule has 0 saturated carbocycles. The van der Waals surface area contributed by atoms with Crippen LogP contribution in [0.1, 0.15) is 11.1 Å². The summed E-state index contributed by atoms with van der Waals surface area (Å²) in [5.41, 5.74) is 1.24. The van der Waals surface area contributed by atoms with E-state index in [9.17, 15) is 0 Å². The smallest absolute Gasteiger partial charge is 0.149 e. The number of pyridine rings is 1. The van der Waals surface area contributed by atoms with Gasteiger partial charge in [-0.1, -0.05) is 11.6 Å². The van der Waals surface area contributed by atoms with Crippen molar-refractivity contribution in [3.8, 4) is 6.07 Å². The lowest BCUT2D eigenvalue weighted by Crippen LogP contribution is -2.12. The van der Waals surface area contributed by atoms with Crippen molar-refractivity contribution >= 4 is 33.3 Å². The molecule has 0 N–H and O–H groups in total. The molecule has 0 amide bonds. The minimum Gasteiger partial charge on any atom is -0.362 e. The zero-order valence-electron chi connectivity index (χ0n) is 8.10. The highest BCUT2D eigenvalue weighted by atomic mass is 79.9. The van der Waals surface area contributed by atoms with Gasteiger partial charge in [0.1, 0.15) is 17.0 Å². The Bertz CT molecular complexity index is 409. The molecule has 0 saturated heterocycles. The zero-order chi connectivity index (χ0) is 10.9. The number of halogens is 2. The van der Waals surface area contributed by atoms with E-state index in [0.717, 1.165) is 15.9 Å². The van der Waals surface area contributed by atoms with Crippen LogP contribution in [0.5, 0.6) is 0 Å². The first kappa shape index (κ1) is 11.3. The van der Waals surface area contributed by atoms with Crippen LogP contribution < -0.4 is 4.90 Å². The number of nitriles is 1. The third-order valence-electron chi connectivity index (χ3n) is 1.85. The van der Waals surface area contributed by atoms with Crippen molar-refractivity contribution in [2.45, 2.75) is 6.92 Å². The van der Waals surface area contributed by atoms with Gasteiger partial charge in [-0.25, -0.2) is 4.98 Å². The van der Waals surface area contributed by atoms with Gasteiger partial charge in [0.2, 0.25) is 0 Å². The first-order chi connectivity index (χ1) is 6.49. The number of rotatable bonds is 1. The van der Waals surface area contributed by atoms with Gasteiger partial charge in [0.25, 0.3) is 0 Å². The van der Waals surface area contributed by atoms with Crippen LogP contribution in [0.3, 0.4) is 0 Å². The first-order valence-electron chi connectivity index (χ1n) is 3.92. The van der Waals surface area contributed by atoms with Crippen LogP contribution in [0, 0.1) is 18.3 Å². The highest BCUT2D eigenvalue weighted by Gasteiger charge is 2.14. The summed E-state index contributed by atoms with van der Waals surface area (Å²) in [5, 5.41) is 9.09. The summed E-state index contributed by atoms with van der Waals surface area (Å²) in [7, 11) is 3.74. The lowest BCUT2D eigenvalue weighted by atomic mass is 10.2. The molecule has 0 aromatic carbocycles. The number of nitrogens with zero attached hydrogens (tertiary/aromatic N) is 3. The average Bonchev–Trinajstić information content (AvgIpc) is 2.12. The molecule has 1 rings (SSSR count). The van der Waals surface area contributed by atoms with E-state index in [1.54, 1.807) is 0 Å². The van der Waals surface area contributed by atoms with Crippen molar-refractivity contribution < 1.29 is 0 Å². The summed E-state index contributed by atoms with van der Waals surface area (Å²) >= 11 is 9.26. The first-order valence-corrected chi connectivity index (χ1v) is 5.09. The Morgan fingerprint density at radius 1 is 1.50 bits per heavy atom. The SMILES string of the molecule is Cc1c(Br)c(N(C)C)nc(Cl)c1C#N. The van der Waals surface area contributed by atoms with Crippen molar-refractivity contribution in [3.63, 3.8) is 0 Å². The van der Waals surface area contributed by atoms with E-state index < -0.39 is 0 Å². The molecular weight excluding hydrogens is 265 g/mol. The van der Waals surface area contributed by atoms with Gasteiger partial charge in [-0.2, -0.15) is 5.26 Å². The molecule has 1 aromatic heterocycles. The van der Waals surface area contributed by atoms with Crippen LogP contribution in [0.4, 0.5) is 5.82 Å². The van der Waals surface area contributed by atoms with Crippen LogP contribution in [0.2, 0.25) is 5.15 Å². The number of aromatic nitrogens is 1. The summed E-state index contributed by atoms with van der Waals surface area (Å²) in [6.07, 6.45) is 0. The Morgan fingerprint density at radius 3 is 2.50 bits per heavy atom. The van der Waals surface area contributed by atoms with E-state index in [0.29, 0.717) is 5.56 Å². The maximum atomic E-state index is 8.84. The molecular formula is C9H9BrClN3. The number of hydrogen-bond donors (Lipinski definition) is 0. The summed E-state index contributed by atoms with van der Waals surface area (Å²) < 4.78 is 0.809. The lowest BCUT2D eigenvalue weighted by Gasteiger charge is -2.15. The Balaban J connectivity index is 3.50. The highest BCUT2D eigenvalue weighted by molar-refractivity contribution is 9.10. The topological polar surface area (TPSA) is 39.9 Å². The van der Waals surface area contributed by atoms with E-state index >= 15 is 0 Å². The standard InChI is InChI=1S/C9H9BrClN3/c1-5-6(4-12)8(11)13-9(7(5)10)14(2)3/h1-3H3. The minimum atomic E-state index is 0.247. The molecule has 14 heavy (non-hydrogen) atoms. The fourth-order valence-electron chi connectivity index (χ4n) is 1.06. The van der Waals surface area contributed by atoms with Gasteiger partial charge in [0.15, 0.2) is 0 Å². The molecule has 0 aliphatic carbocycles. The van der Waals surface area contributed by atoms with Crippen LogP contribution >= 0.6 is 27.5 Å². The predicted octanol–water partition coefficient (Wildman–Crippen LogP) is 2.74. The van der Waals surface area contributed by atoms with Gasteiger partial charge in [-0.05, 0) is 28.4 Å². The van der Waals surface area contributed by atoms with Crippen molar-refractivity contribution in [2.75, 3.05) is 19.0 Å². The molecule has 0 unspecified atom stereocenters. The van der Waals surface area contributed by atoms with Crippen LogP contribution in [0.15, 0.2) is 4.47 Å². The number of anilines is 1. The Morgan fingerprint density at radius 2 is 2.07 bits per heavy atom. The molecule has 0 fully saturated rings. The molecule has 0 aliphatic rings. The van der Waals surface area contributed by atoms with Crippen molar-refractivity contribution in [3.05, 3.63) is 20.8 Å². The van der Waals surface area contributed by atoms with Crippen molar-refractivity contribution in [2.24, 2.45) is 0 Å². The molecule has 74 valence electrons. The van der Waals surface area contributed by atoms with Gasteiger partial charge in [-0.15, -0.1) is 0 Å². The maximum Gasteiger partial charge on any atom is 0.149 e. The summed E-state index contributed by atoms with van der Waals surface area (Å²) in [5.74, 6) is 0.728. The fourth-order valence-corrected chi connectivity index (χ4v) is 1.96. The lowest BCUT2D eigenvalue weighted by molar-refractivity contribution is 1.05. The predicted molar refractivity (Wildman–Crippen MR) is 60.7 cm³/mol. The molecule has 0 aliphatic heterocycles. The third kappa shape index (κ3) is 1.84. The molecule has 0 spiro atoms.